The molecule has 3 nitrogen and oxygen atoms in total. The minimum absolute atomic E-state index is 0.596. The fourth-order valence-electron chi connectivity index (χ4n) is 2.54. The van der Waals surface area contributed by atoms with Gasteiger partial charge in [0.2, 0.25) is 0 Å². The van der Waals surface area contributed by atoms with E-state index in [4.69, 9.17) is 23.2 Å². The molecular formula is C18H14Cl2N2O. The van der Waals surface area contributed by atoms with Gasteiger partial charge in [-0.1, -0.05) is 54.1 Å². The normalized spacial score (nSPS) is 14.9. The van der Waals surface area contributed by atoms with Crippen LogP contribution in [0.4, 0.5) is 0 Å². The lowest BCUT2D eigenvalue weighted by atomic mass is 9.81. The molecule has 1 aromatic heterocycles. The second kappa shape index (κ2) is 6.67. The predicted octanol–water partition coefficient (Wildman–Crippen LogP) is 4.35. The van der Waals surface area contributed by atoms with Crippen LogP contribution in [0.1, 0.15) is 22.1 Å². The zero-order valence-electron chi connectivity index (χ0n) is 12.1. The van der Waals surface area contributed by atoms with Gasteiger partial charge in [0.05, 0.1) is 5.38 Å². The second-order valence-corrected chi connectivity index (χ2v) is 6.05. The molecule has 3 aromatic rings. The maximum absolute atomic E-state index is 11.5. The number of nitrogens with zero attached hydrogens (tertiary/aromatic N) is 2. The van der Waals surface area contributed by atoms with Crippen molar-refractivity contribution in [3.63, 3.8) is 0 Å². The van der Waals surface area contributed by atoms with Crippen LogP contribution in [0, 0.1) is 0 Å². The Morgan fingerprint density at radius 3 is 2.04 bits per heavy atom. The molecular weight excluding hydrogens is 331 g/mol. The van der Waals surface area contributed by atoms with Gasteiger partial charge in [0, 0.05) is 23.0 Å². The molecule has 3 rings (SSSR count). The van der Waals surface area contributed by atoms with Gasteiger partial charge in [0.1, 0.15) is 11.9 Å². The van der Waals surface area contributed by atoms with Crippen molar-refractivity contribution in [2.75, 3.05) is 0 Å². The standard InChI is InChI=1S/C18H14Cl2N2O/c19-16-8-6-15(7-9-16)18(23,14-4-2-1-3-5-14)17(20)13-10-21-12-22-11-13/h1-12,17,23H. The quantitative estimate of drug-likeness (QED) is 0.715. The minimum Gasteiger partial charge on any atom is -0.378 e. The van der Waals surface area contributed by atoms with Crippen molar-refractivity contribution in [1.82, 2.24) is 9.97 Å². The third kappa shape index (κ3) is 3.08. The third-order valence-corrected chi connectivity index (χ3v) is 4.56. The average Bonchev–Trinajstić information content (AvgIpc) is 2.62. The number of rotatable bonds is 4. The number of benzene rings is 2. The number of halogens is 2. The summed E-state index contributed by atoms with van der Waals surface area (Å²) in [5.41, 5.74) is 0.539. The summed E-state index contributed by atoms with van der Waals surface area (Å²) in [5.74, 6) is 0. The molecule has 0 fully saturated rings. The van der Waals surface area contributed by atoms with E-state index in [1.165, 1.54) is 6.33 Å². The Kier molecular flexibility index (Phi) is 4.62. The summed E-state index contributed by atoms with van der Waals surface area (Å²) in [4.78, 5) is 7.99. The Morgan fingerprint density at radius 2 is 1.43 bits per heavy atom. The van der Waals surface area contributed by atoms with Crippen LogP contribution in [0.25, 0.3) is 0 Å². The lowest BCUT2D eigenvalue weighted by Gasteiger charge is -2.34. The van der Waals surface area contributed by atoms with Crippen LogP contribution in [0.3, 0.4) is 0 Å². The van der Waals surface area contributed by atoms with Crippen LogP contribution in [0.2, 0.25) is 5.02 Å². The van der Waals surface area contributed by atoms with E-state index in [1.807, 2.05) is 30.3 Å². The van der Waals surface area contributed by atoms with E-state index in [2.05, 4.69) is 9.97 Å². The van der Waals surface area contributed by atoms with E-state index in [0.717, 1.165) is 0 Å². The van der Waals surface area contributed by atoms with Crippen molar-refractivity contribution in [3.8, 4) is 0 Å². The topological polar surface area (TPSA) is 46.0 Å². The van der Waals surface area contributed by atoms with Gasteiger partial charge in [0.15, 0.2) is 0 Å². The van der Waals surface area contributed by atoms with E-state index in [9.17, 15) is 5.11 Å². The highest BCUT2D eigenvalue weighted by atomic mass is 35.5. The summed E-state index contributed by atoms with van der Waals surface area (Å²) in [7, 11) is 0. The zero-order valence-corrected chi connectivity index (χ0v) is 13.6. The first-order valence-electron chi connectivity index (χ1n) is 7.05. The molecule has 0 spiro atoms. The molecule has 5 heteroatoms. The lowest BCUT2D eigenvalue weighted by Crippen LogP contribution is -2.32. The van der Waals surface area contributed by atoms with Gasteiger partial charge in [-0.3, -0.25) is 0 Å². The van der Waals surface area contributed by atoms with Crippen LogP contribution in [0.5, 0.6) is 0 Å². The van der Waals surface area contributed by atoms with Crippen molar-refractivity contribution in [2.24, 2.45) is 0 Å². The molecule has 116 valence electrons. The van der Waals surface area contributed by atoms with Gasteiger partial charge in [-0.2, -0.15) is 0 Å². The largest absolute Gasteiger partial charge is 0.378 e. The molecule has 2 atom stereocenters. The van der Waals surface area contributed by atoms with Gasteiger partial charge in [-0.25, -0.2) is 9.97 Å². The third-order valence-electron chi connectivity index (χ3n) is 3.74. The van der Waals surface area contributed by atoms with Crippen LogP contribution >= 0.6 is 23.2 Å². The summed E-state index contributed by atoms with van der Waals surface area (Å²) >= 11 is 12.6. The molecule has 2 aromatic carbocycles. The molecule has 0 amide bonds. The van der Waals surface area contributed by atoms with Crippen LogP contribution in [-0.4, -0.2) is 15.1 Å². The Bertz CT molecular complexity index is 766. The van der Waals surface area contributed by atoms with Crippen molar-refractivity contribution < 1.29 is 5.11 Å². The summed E-state index contributed by atoms with van der Waals surface area (Å²) in [6.07, 6.45) is 4.64. The highest BCUT2D eigenvalue weighted by molar-refractivity contribution is 6.30. The number of alkyl halides is 1. The van der Waals surface area contributed by atoms with Crippen molar-refractivity contribution in [3.05, 3.63) is 95.0 Å². The van der Waals surface area contributed by atoms with Crippen LogP contribution in [-0.2, 0) is 5.60 Å². The smallest absolute Gasteiger partial charge is 0.135 e. The Hall–Kier alpha value is -1.94. The first-order chi connectivity index (χ1) is 11.1. The predicted molar refractivity (Wildman–Crippen MR) is 91.5 cm³/mol. The molecule has 0 bridgehead atoms. The number of aromatic nitrogens is 2. The molecule has 23 heavy (non-hydrogen) atoms. The molecule has 2 unspecified atom stereocenters. The Labute approximate surface area is 144 Å². The SMILES string of the molecule is OC(c1ccccc1)(c1ccc(Cl)cc1)C(Cl)c1cncnc1. The van der Waals surface area contributed by atoms with Gasteiger partial charge in [0.25, 0.3) is 0 Å². The number of hydrogen-bond donors (Lipinski definition) is 1. The minimum atomic E-state index is -1.43. The van der Waals surface area contributed by atoms with E-state index in [1.54, 1.807) is 36.7 Å². The molecule has 0 aliphatic carbocycles. The van der Waals surface area contributed by atoms with E-state index in [-0.39, 0.29) is 0 Å². The van der Waals surface area contributed by atoms with Gasteiger partial charge in [-0.15, -0.1) is 11.6 Å². The van der Waals surface area contributed by atoms with Crippen LogP contribution in [0.15, 0.2) is 73.3 Å². The zero-order chi connectivity index (χ0) is 16.3. The fourth-order valence-corrected chi connectivity index (χ4v) is 3.03. The van der Waals surface area contributed by atoms with E-state index < -0.39 is 11.0 Å². The van der Waals surface area contributed by atoms with Crippen LogP contribution < -0.4 is 0 Å². The molecule has 0 saturated heterocycles. The average molecular weight is 345 g/mol. The van der Waals surface area contributed by atoms with Gasteiger partial charge < -0.3 is 5.11 Å². The lowest BCUT2D eigenvalue weighted by molar-refractivity contribution is 0.0752. The first-order valence-corrected chi connectivity index (χ1v) is 7.86. The van der Waals surface area contributed by atoms with Crippen molar-refractivity contribution in [2.45, 2.75) is 11.0 Å². The fraction of sp³-hybridized carbons (Fsp3) is 0.111. The summed E-state index contributed by atoms with van der Waals surface area (Å²) in [6.45, 7) is 0. The summed E-state index contributed by atoms with van der Waals surface area (Å²) in [6, 6.07) is 16.3. The van der Waals surface area contributed by atoms with Gasteiger partial charge in [-0.05, 0) is 23.3 Å². The molecule has 0 aliphatic rings. The van der Waals surface area contributed by atoms with Crippen molar-refractivity contribution in [1.29, 1.82) is 0 Å². The molecule has 1 heterocycles. The molecule has 1 N–H and O–H groups in total. The number of hydrogen-bond acceptors (Lipinski definition) is 3. The summed E-state index contributed by atoms with van der Waals surface area (Å²) < 4.78 is 0. The monoisotopic (exact) mass is 344 g/mol. The van der Waals surface area contributed by atoms with E-state index in [0.29, 0.717) is 21.7 Å². The maximum Gasteiger partial charge on any atom is 0.135 e. The van der Waals surface area contributed by atoms with E-state index >= 15 is 0 Å². The Balaban J connectivity index is 2.16. The highest BCUT2D eigenvalue weighted by Gasteiger charge is 2.40. The van der Waals surface area contributed by atoms with Crippen molar-refractivity contribution >= 4 is 23.2 Å². The second-order valence-electron chi connectivity index (χ2n) is 5.17. The number of aliphatic hydroxyl groups is 1. The molecule has 0 aliphatic heterocycles. The van der Waals surface area contributed by atoms with Gasteiger partial charge >= 0.3 is 0 Å². The Morgan fingerprint density at radius 1 is 0.870 bits per heavy atom. The maximum atomic E-state index is 11.5. The summed E-state index contributed by atoms with van der Waals surface area (Å²) in [5, 5.41) is 11.4. The molecule has 0 radical (unpaired) electrons. The first kappa shape index (κ1) is 15.9. The molecule has 0 saturated carbocycles. The highest BCUT2D eigenvalue weighted by Crippen LogP contribution is 2.44.